The molecular weight excluding hydrogens is 839 g/mol. The lowest BCUT2D eigenvalue weighted by Crippen LogP contribution is -2.41. The number of hydrogen-bond acceptors (Lipinski definition) is 20. The largest absolute Gasteiger partial charge is 0.490 e. The number of H-pyrrole nitrogens is 1. The summed E-state index contributed by atoms with van der Waals surface area (Å²) in [6.07, 6.45) is 11.5. The highest BCUT2D eigenvalue weighted by Gasteiger charge is 2.25. The summed E-state index contributed by atoms with van der Waals surface area (Å²) in [7, 11) is 0.377. The van der Waals surface area contributed by atoms with Gasteiger partial charge >= 0.3 is 22.8 Å². The second-order valence-electron chi connectivity index (χ2n) is 12.9. The third-order valence-electron chi connectivity index (χ3n) is 8.33. The average molecular weight is 890 g/mol. The summed E-state index contributed by atoms with van der Waals surface area (Å²) in [4.78, 5) is 59.4. The molecule has 0 amide bonds. The van der Waals surface area contributed by atoms with Crippen LogP contribution in [0.15, 0.2) is 78.6 Å². The van der Waals surface area contributed by atoms with Gasteiger partial charge < -0.3 is 50.1 Å². The molecule has 4 aliphatic heterocycles. The first kappa shape index (κ1) is 48.8. The van der Waals surface area contributed by atoms with Crippen LogP contribution in [-0.4, -0.2) is 141 Å². The van der Waals surface area contributed by atoms with Gasteiger partial charge in [0.1, 0.15) is 30.0 Å². The van der Waals surface area contributed by atoms with E-state index in [1.807, 2.05) is 6.07 Å². The molecule has 6 N–H and O–H groups in total. The number of nitrogens with zero attached hydrogens (tertiary/aromatic N) is 8. The number of rotatable bonds is 9. The van der Waals surface area contributed by atoms with Crippen LogP contribution in [-0.2, 0) is 18.9 Å². The number of fused-ring (bicyclic) bond motifs is 1. The number of nitrogens with two attached hydrogens (primary N) is 1. The van der Waals surface area contributed by atoms with Crippen molar-refractivity contribution in [2.75, 3.05) is 84.4 Å². The quantitative estimate of drug-likeness (QED) is 0.105. The molecule has 0 atom stereocenters. The molecule has 0 saturated carbocycles. The Hall–Kier alpha value is -6.84. The Bertz CT molecular complexity index is 2170. The third kappa shape index (κ3) is 15.9. The molecule has 4 fully saturated rings. The van der Waals surface area contributed by atoms with E-state index in [2.05, 4.69) is 35.6 Å². The smallest absolute Gasteiger partial charge is 0.328 e. The van der Waals surface area contributed by atoms with E-state index < -0.39 is 21.9 Å². The fraction of sp³-hybridized carbons (Fsp3) is 0.432. The van der Waals surface area contributed by atoms with E-state index >= 15 is 0 Å². The van der Waals surface area contributed by atoms with Gasteiger partial charge in [-0.05, 0) is 25.1 Å². The van der Waals surface area contributed by atoms with Gasteiger partial charge in [0.15, 0.2) is 5.75 Å². The molecule has 5 aromatic heterocycles. The monoisotopic (exact) mass is 889 g/mol. The normalized spacial score (nSPS) is 15.2. The van der Waals surface area contributed by atoms with Crippen molar-refractivity contribution in [2.45, 2.75) is 31.1 Å². The summed E-state index contributed by atoms with van der Waals surface area (Å²) in [5.74, 6) is 0.227. The zero-order valence-corrected chi connectivity index (χ0v) is 34.2. The number of ether oxygens (including phenoxy) is 5. The van der Waals surface area contributed by atoms with E-state index in [0.717, 1.165) is 30.4 Å². The Kier molecular flexibility index (Phi) is 21.1. The SMILES string of the molecule is CCO.COc1ccncc1[N+](=O)[O-].NC1COC1.O=[N+]([O-])c1cnccc1NC1COC1.O=[N+]([O-])c1cnccc1NC1COC1.O=c1[nH]c2cnccc2n1C1COC1.[2H]CF. The first-order valence-electron chi connectivity index (χ1n) is 19.5. The molecule has 342 valence electrons. The highest BCUT2D eigenvalue weighted by atomic mass is 19.1. The minimum atomic E-state index is -1.00. The van der Waals surface area contributed by atoms with Gasteiger partial charge in [-0.25, -0.2) is 4.79 Å². The minimum Gasteiger partial charge on any atom is -0.490 e. The van der Waals surface area contributed by atoms with Crippen LogP contribution in [0.4, 0.5) is 32.8 Å². The Morgan fingerprint density at radius 2 is 1.19 bits per heavy atom. The van der Waals surface area contributed by atoms with E-state index in [4.69, 9.17) is 35.9 Å². The number of aromatic amines is 1. The van der Waals surface area contributed by atoms with Crippen molar-refractivity contribution in [3.63, 3.8) is 0 Å². The molecule has 0 unspecified atom stereocenters. The number of aliphatic hydroxyl groups excluding tert-OH is 1. The first-order chi connectivity index (χ1) is 30.9. The van der Waals surface area contributed by atoms with E-state index in [9.17, 15) is 39.5 Å². The summed E-state index contributed by atoms with van der Waals surface area (Å²) in [6.45, 7) is 7.09. The number of alkyl halides is 1. The van der Waals surface area contributed by atoms with Crippen LogP contribution in [0.2, 0.25) is 0 Å². The number of imidazole rings is 1. The molecule has 0 spiro atoms. The van der Waals surface area contributed by atoms with Crippen LogP contribution in [0.25, 0.3) is 11.0 Å². The van der Waals surface area contributed by atoms with Gasteiger partial charge in [0.05, 0.1) is 125 Å². The summed E-state index contributed by atoms with van der Waals surface area (Å²) in [6, 6.07) is 7.34. The zero-order valence-electron chi connectivity index (χ0n) is 35.2. The van der Waals surface area contributed by atoms with Crippen molar-refractivity contribution in [3.8, 4) is 5.75 Å². The molecule has 5 aromatic rings. The van der Waals surface area contributed by atoms with Gasteiger partial charge in [0.25, 0.3) is 0 Å². The highest BCUT2D eigenvalue weighted by molar-refractivity contribution is 5.73. The second kappa shape index (κ2) is 27.2. The van der Waals surface area contributed by atoms with Crippen LogP contribution < -0.4 is 26.8 Å². The predicted octanol–water partition coefficient (Wildman–Crippen LogP) is 2.82. The highest BCUT2D eigenvalue weighted by Crippen LogP contribution is 2.26. The van der Waals surface area contributed by atoms with E-state index in [1.54, 1.807) is 36.0 Å². The van der Waals surface area contributed by atoms with Crippen LogP contribution in [0.3, 0.4) is 0 Å². The lowest BCUT2D eigenvalue weighted by Gasteiger charge is -2.27. The number of nitrogens with one attached hydrogen (secondary N) is 3. The lowest BCUT2D eigenvalue weighted by atomic mass is 10.2. The standard InChI is InChI=1S/C9H9N3O2.2C8H9N3O3.C6H6N2O3.C3H7NO.C2H6O.CH3F/c13-9-11-7-3-10-2-1-8(7)12(9)6-4-14-5-6;2*12-11(13)8-3-9-2-1-7(8)10-6-4-14-5-6;1-11-6-2-3-7-4-5(6)8(9)10;4-3-1-5-2-3;1-2-3;1-2/h1-3,6H,4-5H2,(H,11,13);2*1-3,6H,4-5H2,(H,9,10);2-4H,1H3;3H,1-2,4H2;3H,2H2,1H3;1H3/i;;;;;;1D. The van der Waals surface area contributed by atoms with Crippen molar-refractivity contribution in [3.05, 3.63) is 115 Å². The predicted molar refractivity (Wildman–Crippen MR) is 224 cm³/mol. The fourth-order valence-electron chi connectivity index (χ4n) is 5.04. The van der Waals surface area contributed by atoms with Crippen molar-refractivity contribution in [2.24, 2.45) is 5.73 Å². The first-order valence-corrected chi connectivity index (χ1v) is 18.8. The number of methoxy groups -OCH3 is 1. The van der Waals surface area contributed by atoms with Crippen molar-refractivity contribution in [1.82, 2.24) is 29.5 Å². The average Bonchev–Trinajstić information content (AvgIpc) is 3.55. The summed E-state index contributed by atoms with van der Waals surface area (Å²) in [5.41, 5.74) is 7.73. The maximum atomic E-state index is 11.6. The van der Waals surface area contributed by atoms with Gasteiger partial charge in [-0.15, -0.1) is 0 Å². The number of nitro groups is 3. The van der Waals surface area contributed by atoms with Crippen LogP contribution in [0.1, 0.15) is 14.3 Å². The molecule has 0 bridgehead atoms. The Labute approximate surface area is 359 Å². The maximum Gasteiger partial charge on any atom is 0.328 e. The number of aliphatic hydroxyl groups is 1. The van der Waals surface area contributed by atoms with Gasteiger partial charge in [-0.1, -0.05) is 0 Å². The molecule has 9 rings (SSSR count). The Morgan fingerprint density at radius 1 is 0.794 bits per heavy atom. The maximum absolute atomic E-state index is 11.6. The number of aromatic nitrogens is 6. The topological polar surface area (TPSA) is 335 Å². The van der Waals surface area contributed by atoms with Gasteiger partial charge in [0.2, 0.25) is 0 Å². The van der Waals surface area contributed by atoms with Crippen molar-refractivity contribution < 1.29 is 49.3 Å². The molecule has 0 aliphatic carbocycles. The number of halogens is 1. The molecule has 4 aliphatic rings. The Morgan fingerprint density at radius 3 is 1.54 bits per heavy atom. The minimum absolute atomic E-state index is 0.000556. The van der Waals surface area contributed by atoms with E-state index in [1.165, 1.54) is 44.2 Å². The molecule has 25 nitrogen and oxygen atoms in total. The van der Waals surface area contributed by atoms with Crippen LogP contribution in [0, 0.1) is 30.3 Å². The molecule has 4 saturated heterocycles. The Balaban J connectivity index is 0.000000211. The summed E-state index contributed by atoms with van der Waals surface area (Å²) < 4.78 is 41.7. The number of anilines is 2. The number of hydrogen-bond donors (Lipinski definition) is 5. The summed E-state index contributed by atoms with van der Waals surface area (Å²) >= 11 is 0. The fourth-order valence-corrected chi connectivity index (χ4v) is 5.04. The van der Waals surface area contributed by atoms with E-state index in [-0.39, 0.29) is 53.2 Å². The molecule has 0 radical (unpaired) electrons. The van der Waals surface area contributed by atoms with Gasteiger partial charge in [0, 0.05) is 37.5 Å². The third-order valence-corrected chi connectivity index (χ3v) is 8.33. The summed E-state index contributed by atoms with van der Waals surface area (Å²) in [5, 5.41) is 45.1. The van der Waals surface area contributed by atoms with Crippen molar-refractivity contribution in [1.29, 1.82) is 0 Å². The number of pyridine rings is 4. The second-order valence-corrected chi connectivity index (χ2v) is 12.9. The molecule has 63 heavy (non-hydrogen) atoms. The van der Waals surface area contributed by atoms with Crippen molar-refractivity contribution >= 4 is 39.5 Å². The lowest BCUT2D eigenvalue weighted by molar-refractivity contribution is -0.386. The molecule has 0 aromatic carbocycles. The van der Waals surface area contributed by atoms with Gasteiger partial charge in [-0.2, -0.15) is 0 Å². The molecule has 9 heterocycles. The zero-order chi connectivity index (χ0) is 46.9. The van der Waals surface area contributed by atoms with E-state index in [0.29, 0.717) is 57.1 Å². The van der Waals surface area contributed by atoms with Gasteiger partial charge in [-0.3, -0.25) is 59.2 Å². The van der Waals surface area contributed by atoms with Crippen LogP contribution >= 0.6 is 0 Å². The molecular formula is C37H49FN12O13. The molecule has 26 heteroatoms. The van der Waals surface area contributed by atoms with Crippen LogP contribution in [0.5, 0.6) is 5.75 Å².